The van der Waals surface area contributed by atoms with Crippen LogP contribution in [0.15, 0.2) is 30.3 Å². The van der Waals surface area contributed by atoms with E-state index in [0.717, 1.165) is 51.4 Å². The van der Waals surface area contributed by atoms with Gasteiger partial charge in [0.25, 0.3) is 5.91 Å². The van der Waals surface area contributed by atoms with E-state index in [0.29, 0.717) is 5.92 Å². The van der Waals surface area contributed by atoms with Crippen molar-refractivity contribution in [1.29, 1.82) is 0 Å². The molecule has 1 aliphatic heterocycles. The molecule has 1 fully saturated rings. The lowest BCUT2D eigenvalue weighted by Crippen LogP contribution is -2.28. The molecule has 4 rings (SSSR count). The van der Waals surface area contributed by atoms with Gasteiger partial charge in [0.05, 0.1) is 10.6 Å². The lowest BCUT2D eigenvalue weighted by atomic mass is 9.97. The Kier molecular flexibility index (Phi) is 4.72. The summed E-state index contributed by atoms with van der Waals surface area (Å²) in [4.78, 5) is 17.1. The fourth-order valence-electron chi connectivity index (χ4n) is 4.04. The van der Waals surface area contributed by atoms with Crippen molar-refractivity contribution in [2.24, 2.45) is 0 Å². The van der Waals surface area contributed by atoms with Crippen LogP contribution in [0.4, 0.5) is 0 Å². The number of likely N-dealkylation sites (tertiary alicyclic amines) is 1. The monoisotopic (exact) mass is 379 g/mol. The summed E-state index contributed by atoms with van der Waals surface area (Å²) >= 11 is 1.50. The molecule has 0 N–H and O–H groups in total. The van der Waals surface area contributed by atoms with E-state index in [1.807, 2.05) is 17.9 Å². The van der Waals surface area contributed by atoms with E-state index in [1.165, 1.54) is 16.9 Å². The Bertz CT molecular complexity index is 994. The zero-order valence-electron chi connectivity index (χ0n) is 16.3. The van der Waals surface area contributed by atoms with Crippen molar-refractivity contribution >= 4 is 27.5 Å². The number of aryl methyl sites for hydroxylation is 2. The summed E-state index contributed by atoms with van der Waals surface area (Å²) in [6.07, 6.45) is 1.02. The quantitative estimate of drug-likeness (QED) is 0.639. The predicted octanol–water partition coefficient (Wildman–Crippen LogP) is 5.06. The number of aromatic nitrogens is 2. The number of benzene rings is 1. The van der Waals surface area contributed by atoms with Crippen LogP contribution in [0.25, 0.3) is 10.2 Å². The maximum Gasteiger partial charge on any atom is 0.264 e. The van der Waals surface area contributed by atoms with Crippen molar-refractivity contribution in [3.05, 3.63) is 57.6 Å². The Labute approximate surface area is 164 Å². The summed E-state index contributed by atoms with van der Waals surface area (Å²) in [5.41, 5.74) is 4.54. The Morgan fingerprint density at radius 1 is 1.19 bits per heavy atom. The van der Waals surface area contributed by atoms with Crippen LogP contribution in [0.3, 0.4) is 0 Å². The molecule has 3 aromatic rings. The third-order valence-electron chi connectivity index (χ3n) is 5.65. The van der Waals surface area contributed by atoms with Gasteiger partial charge in [-0.15, -0.1) is 16.4 Å². The first-order valence-corrected chi connectivity index (χ1v) is 10.4. The largest absolute Gasteiger partial charge is 0.337 e. The SMILES string of the molecule is Cc1nnc2sc(C(=O)N3CCC(c4ccccc4)C3)c(C(C)C)c2c1C. The second-order valence-corrected chi connectivity index (χ2v) is 8.74. The van der Waals surface area contributed by atoms with Gasteiger partial charge in [-0.2, -0.15) is 5.10 Å². The molecular weight excluding hydrogens is 354 g/mol. The van der Waals surface area contributed by atoms with Crippen LogP contribution in [0.1, 0.15) is 64.2 Å². The zero-order chi connectivity index (χ0) is 19.1. The highest BCUT2D eigenvalue weighted by atomic mass is 32.1. The van der Waals surface area contributed by atoms with E-state index in [1.54, 1.807) is 0 Å². The summed E-state index contributed by atoms with van der Waals surface area (Å²) in [6, 6.07) is 10.5. The average molecular weight is 380 g/mol. The number of fused-ring (bicyclic) bond motifs is 1. The maximum absolute atomic E-state index is 13.4. The summed E-state index contributed by atoms with van der Waals surface area (Å²) < 4.78 is 0. The molecule has 0 saturated carbocycles. The predicted molar refractivity (Wildman–Crippen MR) is 111 cm³/mol. The highest BCUT2D eigenvalue weighted by molar-refractivity contribution is 7.20. The number of rotatable bonds is 3. The molecule has 0 radical (unpaired) electrons. The lowest BCUT2D eigenvalue weighted by molar-refractivity contribution is 0.0794. The molecule has 3 heterocycles. The van der Waals surface area contributed by atoms with Crippen LogP contribution < -0.4 is 0 Å². The number of hydrogen-bond acceptors (Lipinski definition) is 4. The molecule has 1 saturated heterocycles. The summed E-state index contributed by atoms with van der Waals surface area (Å²) in [7, 11) is 0. The molecule has 2 aromatic heterocycles. The van der Waals surface area contributed by atoms with Gasteiger partial charge in [0.2, 0.25) is 0 Å². The fourth-order valence-corrected chi connectivity index (χ4v) is 5.34. The van der Waals surface area contributed by atoms with Crippen LogP contribution in [0.5, 0.6) is 0 Å². The Morgan fingerprint density at radius 3 is 2.63 bits per heavy atom. The zero-order valence-corrected chi connectivity index (χ0v) is 17.1. The number of hydrogen-bond donors (Lipinski definition) is 0. The Balaban J connectivity index is 1.69. The van der Waals surface area contributed by atoms with Crippen molar-refractivity contribution in [3.8, 4) is 0 Å². The van der Waals surface area contributed by atoms with Crippen molar-refractivity contribution in [2.75, 3.05) is 13.1 Å². The number of amides is 1. The minimum absolute atomic E-state index is 0.150. The third kappa shape index (κ3) is 3.14. The molecule has 0 bridgehead atoms. The molecule has 1 atom stereocenters. The van der Waals surface area contributed by atoms with Crippen molar-refractivity contribution in [2.45, 2.75) is 46.0 Å². The molecule has 1 amide bonds. The van der Waals surface area contributed by atoms with Gasteiger partial charge in [-0.1, -0.05) is 44.2 Å². The first-order valence-electron chi connectivity index (χ1n) is 9.57. The van der Waals surface area contributed by atoms with Gasteiger partial charge in [0.15, 0.2) is 0 Å². The van der Waals surface area contributed by atoms with E-state index in [4.69, 9.17) is 0 Å². The van der Waals surface area contributed by atoms with Gasteiger partial charge in [-0.05, 0) is 42.9 Å². The summed E-state index contributed by atoms with van der Waals surface area (Å²) in [5.74, 6) is 0.848. The van der Waals surface area contributed by atoms with E-state index < -0.39 is 0 Å². The second-order valence-electron chi connectivity index (χ2n) is 7.74. The number of carbonyl (C=O) groups excluding carboxylic acids is 1. The van der Waals surface area contributed by atoms with Gasteiger partial charge >= 0.3 is 0 Å². The van der Waals surface area contributed by atoms with Crippen molar-refractivity contribution < 1.29 is 4.79 Å². The number of thiophene rings is 1. The topological polar surface area (TPSA) is 46.1 Å². The van der Waals surface area contributed by atoms with E-state index in [2.05, 4.69) is 55.2 Å². The maximum atomic E-state index is 13.4. The summed E-state index contributed by atoms with van der Waals surface area (Å²) in [6.45, 7) is 9.98. The van der Waals surface area contributed by atoms with E-state index in [9.17, 15) is 4.79 Å². The minimum atomic E-state index is 0.150. The lowest BCUT2D eigenvalue weighted by Gasteiger charge is -2.18. The molecule has 4 nitrogen and oxygen atoms in total. The van der Waals surface area contributed by atoms with Gasteiger partial charge in [-0.3, -0.25) is 4.79 Å². The van der Waals surface area contributed by atoms with Crippen LogP contribution >= 0.6 is 11.3 Å². The van der Waals surface area contributed by atoms with Gasteiger partial charge in [-0.25, -0.2) is 0 Å². The third-order valence-corrected chi connectivity index (χ3v) is 6.73. The van der Waals surface area contributed by atoms with Gasteiger partial charge in [0.1, 0.15) is 4.83 Å². The van der Waals surface area contributed by atoms with Crippen LogP contribution in [0, 0.1) is 13.8 Å². The highest BCUT2D eigenvalue weighted by Crippen LogP contribution is 2.39. The number of carbonyl (C=O) groups is 1. The van der Waals surface area contributed by atoms with Crippen LogP contribution in [-0.2, 0) is 0 Å². The molecule has 0 aliphatic carbocycles. The van der Waals surface area contributed by atoms with E-state index in [-0.39, 0.29) is 11.8 Å². The molecule has 1 aromatic carbocycles. The molecule has 5 heteroatoms. The summed E-state index contributed by atoms with van der Waals surface area (Å²) in [5, 5.41) is 9.77. The second kappa shape index (κ2) is 7.04. The fraction of sp³-hybridized carbons (Fsp3) is 0.409. The number of nitrogens with zero attached hydrogens (tertiary/aromatic N) is 3. The van der Waals surface area contributed by atoms with E-state index >= 15 is 0 Å². The smallest absolute Gasteiger partial charge is 0.264 e. The van der Waals surface area contributed by atoms with Gasteiger partial charge < -0.3 is 4.90 Å². The normalized spacial score (nSPS) is 17.2. The average Bonchev–Trinajstić information content (AvgIpc) is 3.30. The van der Waals surface area contributed by atoms with Crippen molar-refractivity contribution in [3.63, 3.8) is 0 Å². The standard InChI is InChI=1S/C22H25N3OS/c1-13(2)18-19-14(3)15(4)23-24-21(19)27-20(18)22(26)25-11-10-17(12-25)16-8-6-5-7-9-16/h5-9,13,17H,10-12H2,1-4H3. The molecule has 0 spiro atoms. The first-order chi connectivity index (χ1) is 13.0. The minimum Gasteiger partial charge on any atom is -0.337 e. The molecule has 1 aliphatic rings. The first kappa shape index (κ1) is 18.1. The van der Waals surface area contributed by atoms with Gasteiger partial charge in [0, 0.05) is 24.4 Å². The molecule has 27 heavy (non-hydrogen) atoms. The highest BCUT2D eigenvalue weighted by Gasteiger charge is 2.32. The molecule has 1 unspecified atom stereocenters. The Morgan fingerprint density at radius 2 is 1.93 bits per heavy atom. The van der Waals surface area contributed by atoms with Crippen molar-refractivity contribution in [1.82, 2.24) is 15.1 Å². The molecular formula is C22H25N3OS. The van der Waals surface area contributed by atoms with Crippen LogP contribution in [-0.4, -0.2) is 34.1 Å². The molecule has 140 valence electrons. The van der Waals surface area contributed by atoms with Crippen LogP contribution in [0.2, 0.25) is 0 Å². The Hall–Kier alpha value is -2.27.